The monoisotopic (exact) mass is 430 g/mol. The predicted molar refractivity (Wildman–Crippen MR) is 114 cm³/mol. The van der Waals surface area contributed by atoms with Crippen LogP contribution in [0.3, 0.4) is 0 Å². The fraction of sp³-hybridized carbons (Fsp3) is 0.364. The summed E-state index contributed by atoms with van der Waals surface area (Å²) in [6.45, 7) is 5.44. The molecule has 0 N–H and O–H groups in total. The van der Waals surface area contributed by atoms with E-state index in [-0.39, 0.29) is 12.5 Å². The molecule has 2 aromatic heterocycles. The zero-order valence-corrected chi connectivity index (χ0v) is 18.4. The third-order valence-corrected chi connectivity index (χ3v) is 5.15. The van der Waals surface area contributed by atoms with Gasteiger partial charge in [0.15, 0.2) is 17.3 Å². The highest BCUT2D eigenvalue weighted by Gasteiger charge is 2.21. The van der Waals surface area contributed by atoms with Crippen LogP contribution in [0.25, 0.3) is 0 Å². The first-order valence-electron chi connectivity index (χ1n) is 9.61. The lowest BCUT2D eigenvalue weighted by Gasteiger charge is -2.22. The van der Waals surface area contributed by atoms with Gasteiger partial charge in [-0.2, -0.15) is 0 Å². The molecule has 7 nitrogen and oxygen atoms in total. The third-order valence-electron chi connectivity index (χ3n) is 4.28. The van der Waals surface area contributed by atoms with Crippen LogP contribution in [0.4, 0.5) is 0 Å². The molecular weight excluding hydrogens is 404 g/mol. The van der Waals surface area contributed by atoms with Crippen molar-refractivity contribution in [3.8, 4) is 17.2 Å². The molecule has 0 saturated carbocycles. The fourth-order valence-electron chi connectivity index (χ4n) is 2.99. The van der Waals surface area contributed by atoms with Crippen LogP contribution >= 0.6 is 11.3 Å². The van der Waals surface area contributed by atoms with Crippen LogP contribution in [-0.2, 0) is 13.2 Å². The van der Waals surface area contributed by atoms with Crippen LogP contribution in [0.2, 0.25) is 0 Å². The van der Waals surface area contributed by atoms with E-state index in [4.69, 9.17) is 18.6 Å². The zero-order valence-electron chi connectivity index (χ0n) is 17.6. The minimum atomic E-state index is -0.141. The van der Waals surface area contributed by atoms with Gasteiger partial charge in [0.1, 0.15) is 11.6 Å². The summed E-state index contributed by atoms with van der Waals surface area (Å²) in [5.74, 6) is 2.24. The third kappa shape index (κ3) is 5.33. The molecule has 0 aliphatic carbocycles. The second-order valence-electron chi connectivity index (χ2n) is 7.07. The Bertz CT molecular complexity index is 930. The number of methoxy groups -OCH3 is 2. The largest absolute Gasteiger partial charge is 0.493 e. The quantitative estimate of drug-likeness (QED) is 0.467. The van der Waals surface area contributed by atoms with Crippen molar-refractivity contribution >= 4 is 17.2 Å². The number of thiazole rings is 1. The Kier molecular flexibility index (Phi) is 7.35. The molecular formula is C22H26N2O5S. The number of nitrogens with zero attached hydrogens (tertiary/aromatic N) is 2. The maximum absolute atomic E-state index is 12.8. The van der Waals surface area contributed by atoms with Crippen LogP contribution in [0.1, 0.15) is 35.1 Å². The van der Waals surface area contributed by atoms with Crippen LogP contribution < -0.4 is 14.2 Å². The van der Waals surface area contributed by atoms with Crippen molar-refractivity contribution in [3.05, 3.63) is 58.4 Å². The molecule has 0 aliphatic heterocycles. The Hall–Kier alpha value is -3.00. The lowest BCUT2D eigenvalue weighted by Crippen LogP contribution is -2.33. The van der Waals surface area contributed by atoms with Gasteiger partial charge in [0.25, 0.3) is 5.91 Å². The molecule has 0 aliphatic rings. The molecule has 30 heavy (non-hydrogen) atoms. The molecule has 0 fully saturated rings. The number of carbonyl (C=O) groups is 1. The first-order chi connectivity index (χ1) is 14.5. The number of benzene rings is 1. The molecule has 0 saturated heterocycles. The van der Waals surface area contributed by atoms with Gasteiger partial charge in [-0.15, -0.1) is 11.3 Å². The summed E-state index contributed by atoms with van der Waals surface area (Å²) >= 11 is 1.49. The molecule has 0 bridgehead atoms. The van der Waals surface area contributed by atoms with Gasteiger partial charge in [0.2, 0.25) is 5.75 Å². The molecule has 0 atom stereocenters. The van der Waals surface area contributed by atoms with Gasteiger partial charge in [0.05, 0.1) is 32.7 Å². The second kappa shape index (κ2) is 10.2. The molecule has 3 aromatic rings. The molecule has 0 radical (unpaired) electrons. The smallest absolute Gasteiger partial charge is 0.289 e. The van der Waals surface area contributed by atoms with E-state index in [1.807, 2.05) is 23.6 Å². The van der Waals surface area contributed by atoms with Crippen molar-refractivity contribution in [2.45, 2.75) is 27.0 Å². The van der Waals surface area contributed by atoms with Crippen molar-refractivity contribution in [2.75, 3.05) is 20.8 Å². The molecule has 0 unspecified atom stereocenters. The number of rotatable bonds is 10. The highest BCUT2D eigenvalue weighted by Crippen LogP contribution is 2.37. The standard InChI is InChI=1S/C22H26N2O5S/c1-15(2)11-24(22(25)19-9-6-10-28-19)12-16-14-30-20(23-16)13-29-21-17(26-3)7-5-8-18(21)27-4/h5-10,14-15H,11-13H2,1-4H3. The number of amides is 1. The second-order valence-corrected chi connectivity index (χ2v) is 8.01. The van der Waals surface area contributed by atoms with Crippen LogP contribution in [-0.4, -0.2) is 36.6 Å². The van der Waals surface area contributed by atoms with Gasteiger partial charge < -0.3 is 23.5 Å². The molecule has 1 amide bonds. The van der Waals surface area contributed by atoms with Crippen molar-refractivity contribution in [2.24, 2.45) is 5.92 Å². The van der Waals surface area contributed by atoms with E-state index >= 15 is 0 Å². The van der Waals surface area contributed by atoms with E-state index in [0.717, 1.165) is 10.7 Å². The van der Waals surface area contributed by atoms with Gasteiger partial charge in [-0.05, 0) is 30.2 Å². The lowest BCUT2D eigenvalue weighted by molar-refractivity contribution is 0.0688. The summed E-state index contributed by atoms with van der Waals surface area (Å²) in [6.07, 6.45) is 1.51. The maximum Gasteiger partial charge on any atom is 0.289 e. The average Bonchev–Trinajstić information content (AvgIpc) is 3.43. The van der Waals surface area contributed by atoms with E-state index in [9.17, 15) is 4.79 Å². The lowest BCUT2D eigenvalue weighted by atomic mass is 10.2. The van der Waals surface area contributed by atoms with Crippen LogP contribution in [0.5, 0.6) is 17.2 Å². The fourth-order valence-corrected chi connectivity index (χ4v) is 3.69. The molecule has 0 spiro atoms. The van der Waals surface area contributed by atoms with Crippen molar-refractivity contribution in [3.63, 3.8) is 0 Å². The van der Waals surface area contributed by atoms with Crippen LogP contribution in [0.15, 0.2) is 46.4 Å². The highest BCUT2D eigenvalue weighted by atomic mass is 32.1. The van der Waals surface area contributed by atoms with Gasteiger partial charge in [-0.1, -0.05) is 19.9 Å². The first-order valence-corrected chi connectivity index (χ1v) is 10.5. The van der Waals surface area contributed by atoms with E-state index in [1.54, 1.807) is 31.3 Å². The number of hydrogen-bond acceptors (Lipinski definition) is 7. The highest BCUT2D eigenvalue weighted by molar-refractivity contribution is 7.09. The Labute approximate surface area is 180 Å². The summed E-state index contributed by atoms with van der Waals surface area (Å²) < 4.78 is 21.9. The van der Waals surface area contributed by atoms with Gasteiger partial charge in [-0.3, -0.25) is 4.79 Å². The van der Waals surface area contributed by atoms with E-state index in [2.05, 4.69) is 18.8 Å². The summed E-state index contributed by atoms with van der Waals surface area (Å²) in [6, 6.07) is 8.86. The molecule has 2 heterocycles. The van der Waals surface area contributed by atoms with Crippen molar-refractivity contribution < 1.29 is 23.4 Å². The Morgan fingerprint density at radius 3 is 2.50 bits per heavy atom. The normalized spacial score (nSPS) is 10.8. The van der Waals surface area contributed by atoms with E-state index < -0.39 is 0 Å². The Morgan fingerprint density at radius 1 is 1.17 bits per heavy atom. The molecule has 1 aromatic carbocycles. The number of para-hydroxylation sites is 1. The summed E-state index contributed by atoms with van der Waals surface area (Å²) in [4.78, 5) is 19.2. The molecule has 3 rings (SSSR count). The van der Waals surface area contributed by atoms with Crippen molar-refractivity contribution in [1.29, 1.82) is 0 Å². The minimum Gasteiger partial charge on any atom is -0.493 e. The molecule has 160 valence electrons. The summed E-state index contributed by atoms with van der Waals surface area (Å²) in [7, 11) is 3.17. The maximum atomic E-state index is 12.8. The number of aromatic nitrogens is 1. The summed E-state index contributed by atoms with van der Waals surface area (Å²) in [5.41, 5.74) is 0.811. The number of hydrogen-bond donors (Lipinski definition) is 0. The minimum absolute atomic E-state index is 0.141. The van der Waals surface area contributed by atoms with Gasteiger partial charge >= 0.3 is 0 Å². The number of carbonyl (C=O) groups excluding carboxylic acids is 1. The Morgan fingerprint density at radius 2 is 1.90 bits per heavy atom. The zero-order chi connectivity index (χ0) is 21.5. The van der Waals surface area contributed by atoms with E-state index in [0.29, 0.717) is 42.0 Å². The topological polar surface area (TPSA) is 74.0 Å². The summed E-state index contributed by atoms with van der Waals surface area (Å²) in [5, 5.41) is 2.74. The number of ether oxygens (including phenoxy) is 3. The van der Waals surface area contributed by atoms with E-state index in [1.165, 1.54) is 17.6 Å². The van der Waals surface area contributed by atoms with Crippen molar-refractivity contribution in [1.82, 2.24) is 9.88 Å². The predicted octanol–water partition coefficient (Wildman–Crippen LogP) is 4.63. The van der Waals surface area contributed by atoms with Gasteiger partial charge in [0, 0.05) is 11.9 Å². The Balaban J connectivity index is 1.69. The first kappa shape index (κ1) is 21.7. The molecule has 8 heteroatoms. The number of furan rings is 1. The van der Waals surface area contributed by atoms with Crippen LogP contribution in [0, 0.1) is 5.92 Å². The SMILES string of the molecule is COc1cccc(OC)c1OCc1nc(CN(CC(C)C)C(=O)c2ccco2)cs1. The van der Waals surface area contributed by atoms with Gasteiger partial charge in [-0.25, -0.2) is 4.98 Å². The average molecular weight is 431 g/mol.